The van der Waals surface area contributed by atoms with Crippen LogP contribution in [0, 0.1) is 0 Å². The second-order valence-electron chi connectivity index (χ2n) is 6.59. The van der Waals surface area contributed by atoms with Gasteiger partial charge in [-0.15, -0.1) is 10.2 Å². The molecule has 3 N–H and O–H groups in total. The molecule has 1 amide bonds. The number of rotatable bonds is 10. The standard InChI is InChI=1S/C19H22F3N5O6S/c1-4-15(28)24-18(19(20,21)22,17(29)33-5-2)23-12-6-8-13(9-7-12)34(30,31)27-14-10-11-16(32-3)26-25-14/h6-11,23H,4-5H2,1-3H3,(H,24,28)(H,25,27)/t18-/m1/s1. The molecule has 1 heterocycles. The first-order chi connectivity index (χ1) is 15.9. The number of amides is 1. The highest BCUT2D eigenvalue weighted by Gasteiger charge is 2.63. The Morgan fingerprint density at radius 2 is 1.68 bits per heavy atom. The second-order valence-corrected chi connectivity index (χ2v) is 8.27. The minimum atomic E-state index is -5.30. The Hall–Kier alpha value is -3.62. The number of ether oxygens (including phenoxy) is 2. The number of hydrogen-bond acceptors (Lipinski definition) is 9. The molecule has 11 nitrogen and oxygen atoms in total. The molecule has 1 atom stereocenters. The van der Waals surface area contributed by atoms with Crippen molar-refractivity contribution in [3.05, 3.63) is 36.4 Å². The Morgan fingerprint density at radius 3 is 2.15 bits per heavy atom. The van der Waals surface area contributed by atoms with Crippen LogP contribution < -0.4 is 20.1 Å². The van der Waals surface area contributed by atoms with Crippen molar-refractivity contribution in [1.82, 2.24) is 15.5 Å². The number of methoxy groups -OCH3 is 1. The van der Waals surface area contributed by atoms with Gasteiger partial charge < -0.3 is 20.1 Å². The van der Waals surface area contributed by atoms with Gasteiger partial charge in [-0.2, -0.15) is 13.2 Å². The van der Waals surface area contributed by atoms with E-state index in [0.717, 1.165) is 24.3 Å². The predicted molar refractivity (Wildman–Crippen MR) is 113 cm³/mol. The number of carbonyl (C=O) groups is 2. The smallest absolute Gasteiger partial charge is 0.441 e. The van der Waals surface area contributed by atoms with Crippen molar-refractivity contribution < 1.29 is 40.7 Å². The summed E-state index contributed by atoms with van der Waals surface area (Å²) < 4.78 is 78.6. The summed E-state index contributed by atoms with van der Waals surface area (Å²) in [6.45, 7) is 2.24. The number of carbonyl (C=O) groups excluding carboxylic acids is 2. The molecular formula is C19H22F3N5O6S. The molecule has 34 heavy (non-hydrogen) atoms. The molecule has 2 aromatic rings. The summed E-state index contributed by atoms with van der Waals surface area (Å²) in [7, 11) is -2.82. The number of nitrogens with one attached hydrogen (secondary N) is 3. The SMILES string of the molecule is CCOC(=O)[C@](NC(=O)CC)(Nc1ccc(S(=O)(=O)Nc2ccc(OC)nn2)cc1)C(F)(F)F. The van der Waals surface area contributed by atoms with Gasteiger partial charge in [-0.25, -0.2) is 13.2 Å². The van der Waals surface area contributed by atoms with Crippen LogP contribution in [0.5, 0.6) is 5.88 Å². The van der Waals surface area contributed by atoms with Crippen LogP contribution in [0.25, 0.3) is 0 Å². The van der Waals surface area contributed by atoms with Crippen molar-refractivity contribution >= 4 is 33.4 Å². The van der Waals surface area contributed by atoms with Crippen LogP contribution in [0.4, 0.5) is 24.7 Å². The molecule has 0 unspecified atom stereocenters. The van der Waals surface area contributed by atoms with Gasteiger partial charge in [0.1, 0.15) is 0 Å². The number of hydrogen-bond donors (Lipinski definition) is 3. The quantitative estimate of drug-likeness (QED) is 0.326. The molecule has 0 aliphatic carbocycles. The highest BCUT2D eigenvalue weighted by atomic mass is 32.2. The van der Waals surface area contributed by atoms with E-state index in [-0.39, 0.29) is 35.3 Å². The van der Waals surface area contributed by atoms with E-state index >= 15 is 0 Å². The molecule has 1 aromatic heterocycles. The third-order valence-electron chi connectivity index (χ3n) is 4.24. The number of nitrogens with zero attached hydrogens (tertiary/aromatic N) is 2. The van der Waals surface area contributed by atoms with Crippen LogP contribution in [-0.4, -0.2) is 56.0 Å². The lowest BCUT2D eigenvalue weighted by atomic mass is 10.1. The van der Waals surface area contributed by atoms with Gasteiger partial charge in [0, 0.05) is 18.2 Å². The second kappa shape index (κ2) is 10.5. The monoisotopic (exact) mass is 505 g/mol. The Labute approximate surface area is 193 Å². The zero-order valence-corrected chi connectivity index (χ0v) is 19.1. The van der Waals surface area contributed by atoms with Crippen LogP contribution in [0.2, 0.25) is 0 Å². The van der Waals surface area contributed by atoms with Crippen molar-refractivity contribution in [1.29, 1.82) is 0 Å². The summed E-state index contributed by atoms with van der Waals surface area (Å²) in [5, 5.41) is 10.8. The summed E-state index contributed by atoms with van der Waals surface area (Å²) in [5.41, 5.74) is -3.90. The Morgan fingerprint density at radius 1 is 1.03 bits per heavy atom. The Bertz CT molecular complexity index is 1110. The molecule has 0 aliphatic rings. The minimum absolute atomic E-state index is 0.122. The Kier molecular flexibility index (Phi) is 8.26. The van der Waals surface area contributed by atoms with Crippen LogP contribution in [-0.2, 0) is 24.3 Å². The molecule has 0 bridgehead atoms. The average molecular weight is 505 g/mol. The number of benzene rings is 1. The van der Waals surface area contributed by atoms with Crippen molar-refractivity contribution in [3.63, 3.8) is 0 Å². The maximum Gasteiger partial charge on any atom is 0.441 e. The molecule has 15 heteroatoms. The van der Waals surface area contributed by atoms with E-state index in [0.29, 0.717) is 0 Å². The molecule has 0 saturated heterocycles. The van der Waals surface area contributed by atoms with Crippen molar-refractivity contribution in [2.75, 3.05) is 23.8 Å². The first kappa shape index (κ1) is 26.6. The van der Waals surface area contributed by atoms with Gasteiger partial charge in [0.25, 0.3) is 10.0 Å². The molecule has 0 spiro atoms. The lowest BCUT2D eigenvalue weighted by Crippen LogP contribution is -2.69. The summed E-state index contributed by atoms with van der Waals surface area (Å²) in [6, 6.07) is 6.64. The first-order valence-electron chi connectivity index (χ1n) is 9.72. The van der Waals surface area contributed by atoms with Gasteiger partial charge in [-0.3, -0.25) is 9.52 Å². The number of halogens is 3. The summed E-state index contributed by atoms with van der Waals surface area (Å²) >= 11 is 0. The van der Waals surface area contributed by atoms with E-state index in [1.54, 1.807) is 5.32 Å². The van der Waals surface area contributed by atoms with Crippen LogP contribution in [0.15, 0.2) is 41.3 Å². The summed E-state index contributed by atoms with van der Waals surface area (Å²) in [6.07, 6.45) is -5.64. The van der Waals surface area contributed by atoms with Gasteiger partial charge in [0.15, 0.2) is 5.82 Å². The highest BCUT2D eigenvalue weighted by molar-refractivity contribution is 7.92. The van der Waals surface area contributed by atoms with Gasteiger partial charge >= 0.3 is 17.8 Å². The number of aromatic nitrogens is 2. The molecule has 0 fully saturated rings. The largest absolute Gasteiger partial charge is 0.480 e. The fourth-order valence-electron chi connectivity index (χ4n) is 2.54. The van der Waals surface area contributed by atoms with Crippen molar-refractivity contribution in [2.24, 2.45) is 0 Å². The van der Waals surface area contributed by atoms with Crippen LogP contribution in [0.3, 0.4) is 0 Å². The van der Waals surface area contributed by atoms with E-state index in [1.807, 2.05) is 5.32 Å². The van der Waals surface area contributed by atoms with E-state index in [4.69, 9.17) is 4.74 Å². The van der Waals surface area contributed by atoms with Crippen molar-refractivity contribution in [2.45, 2.75) is 37.0 Å². The van der Waals surface area contributed by atoms with E-state index in [2.05, 4.69) is 19.7 Å². The molecular weight excluding hydrogens is 483 g/mol. The van der Waals surface area contributed by atoms with Gasteiger partial charge in [0.05, 0.1) is 18.6 Å². The predicted octanol–water partition coefficient (Wildman–Crippen LogP) is 2.05. The number of esters is 1. The van der Waals surface area contributed by atoms with E-state index in [1.165, 1.54) is 33.1 Å². The lowest BCUT2D eigenvalue weighted by molar-refractivity contribution is -0.207. The Balaban J connectivity index is 2.35. The fourth-order valence-corrected chi connectivity index (χ4v) is 3.54. The fraction of sp³-hybridized carbons (Fsp3) is 0.368. The average Bonchev–Trinajstić information content (AvgIpc) is 2.78. The van der Waals surface area contributed by atoms with Gasteiger partial charge in [-0.1, -0.05) is 6.92 Å². The topological polar surface area (TPSA) is 149 Å². The molecule has 0 saturated carbocycles. The molecule has 2 rings (SSSR count). The zero-order valence-electron chi connectivity index (χ0n) is 18.3. The highest BCUT2D eigenvalue weighted by Crippen LogP contribution is 2.33. The maximum atomic E-state index is 14.0. The molecule has 0 radical (unpaired) electrons. The van der Waals surface area contributed by atoms with Crippen LogP contribution in [0.1, 0.15) is 20.3 Å². The third-order valence-corrected chi connectivity index (χ3v) is 5.61. The zero-order chi connectivity index (χ0) is 25.6. The molecule has 1 aromatic carbocycles. The summed E-state index contributed by atoms with van der Waals surface area (Å²) in [5.74, 6) is -2.81. The first-order valence-corrected chi connectivity index (χ1v) is 11.2. The molecule has 0 aliphatic heterocycles. The van der Waals surface area contributed by atoms with E-state index < -0.39 is 33.7 Å². The minimum Gasteiger partial charge on any atom is -0.480 e. The third kappa shape index (κ3) is 6.03. The summed E-state index contributed by atoms with van der Waals surface area (Å²) in [4.78, 5) is 23.8. The normalized spacial score (nSPS) is 13.4. The van der Waals surface area contributed by atoms with Gasteiger partial charge in [0.2, 0.25) is 11.8 Å². The maximum absolute atomic E-state index is 14.0. The number of alkyl halides is 3. The molecule has 186 valence electrons. The van der Waals surface area contributed by atoms with E-state index in [9.17, 15) is 31.2 Å². The number of anilines is 2. The number of sulfonamides is 1. The van der Waals surface area contributed by atoms with Crippen LogP contribution >= 0.6 is 0 Å². The lowest BCUT2D eigenvalue weighted by Gasteiger charge is -2.35. The van der Waals surface area contributed by atoms with Crippen molar-refractivity contribution in [3.8, 4) is 5.88 Å². The van der Waals surface area contributed by atoms with Gasteiger partial charge in [-0.05, 0) is 37.3 Å².